The van der Waals surface area contributed by atoms with Crippen LogP contribution < -0.4 is 0 Å². The second-order valence-electron chi connectivity index (χ2n) is 7.32. The van der Waals surface area contributed by atoms with Crippen molar-refractivity contribution in [3.05, 3.63) is 76.2 Å². The maximum absolute atomic E-state index is 13.3. The molecule has 4 rings (SSSR count). The topological polar surface area (TPSA) is 51.0 Å². The van der Waals surface area contributed by atoms with Crippen LogP contribution in [0.5, 0.6) is 0 Å². The second kappa shape index (κ2) is 7.76. The van der Waals surface area contributed by atoms with E-state index in [0.717, 1.165) is 37.2 Å². The molecule has 1 saturated heterocycles. The van der Waals surface area contributed by atoms with Crippen molar-refractivity contribution in [2.45, 2.75) is 39.2 Å². The van der Waals surface area contributed by atoms with Gasteiger partial charge in [0.2, 0.25) is 0 Å². The minimum atomic E-state index is -0.105. The third kappa shape index (κ3) is 3.67. The lowest BCUT2D eigenvalue weighted by Gasteiger charge is -2.25. The Bertz CT molecular complexity index is 999. The predicted molar refractivity (Wildman–Crippen MR) is 110 cm³/mol. The van der Waals surface area contributed by atoms with Gasteiger partial charge in [-0.25, -0.2) is 9.67 Å². The highest BCUT2D eigenvalue weighted by atomic mass is 35.5. The monoisotopic (exact) mass is 394 g/mol. The fourth-order valence-corrected chi connectivity index (χ4v) is 4.08. The Kier molecular flexibility index (Phi) is 5.18. The van der Waals surface area contributed by atoms with Gasteiger partial charge in [-0.3, -0.25) is 4.79 Å². The number of aromatic nitrogens is 3. The van der Waals surface area contributed by atoms with Gasteiger partial charge in [0.05, 0.1) is 10.7 Å². The Morgan fingerprint density at radius 3 is 2.68 bits per heavy atom. The molecule has 0 N–H and O–H groups in total. The smallest absolute Gasteiger partial charge is 0.274 e. The lowest BCUT2D eigenvalue weighted by Crippen LogP contribution is -2.37. The first-order valence-electron chi connectivity index (χ1n) is 9.58. The van der Waals surface area contributed by atoms with Crippen LogP contribution in [0.2, 0.25) is 5.02 Å². The summed E-state index contributed by atoms with van der Waals surface area (Å²) in [4.78, 5) is 19.8. The van der Waals surface area contributed by atoms with Gasteiger partial charge in [0.25, 0.3) is 5.91 Å². The van der Waals surface area contributed by atoms with Crippen LogP contribution >= 0.6 is 11.6 Å². The molecule has 3 aromatic rings. The number of pyridine rings is 1. The van der Waals surface area contributed by atoms with E-state index >= 15 is 0 Å². The predicted octanol–water partition coefficient (Wildman–Crippen LogP) is 4.38. The van der Waals surface area contributed by atoms with Crippen LogP contribution in [0, 0.1) is 13.8 Å². The lowest BCUT2D eigenvalue weighted by atomic mass is 10.0. The SMILES string of the molecule is Cc1cc(C)n(-c2ccc(Cl)c(C(=O)N3CCCC3Cc3ccccc3)n2)n1. The quantitative estimate of drug-likeness (QED) is 0.659. The fourth-order valence-electron chi connectivity index (χ4n) is 3.90. The average molecular weight is 395 g/mol. The maximum Gasteiger partial charge on any atom is 0.274 e. The molecular formula is C22H23ClN4O. The van der Waals surface area contributed by atoms with Crippen LogP contribution in [-0.4, -0.2) is 38.2 Å². The molecule has 1 aromatic carbocycles. The molecule has 1 aliphatic heterocycles. The normalized spacial score (nSPS) is 16.5. The van der Waals surface area contributed by atoms with Crippen LogP contribution in [0.25, 0.3) is 5.82 Å². The van der Waals surface area contributed by atoms with Crippen molar-refractivity contribution in [1.82, 2.24) is 19.7 Å². The zero-order valence-corrected chi connectivity index (χ0v) is 16.9. The first-order valence-corrected chi connectivity index (χ1v) is 9.96. The number of nitrogens with zero attached hydrogens (tertiary/aromatic N) is 4. The first-order chi connectivity index (χ1) is 13.5. The molecule has 144 valence electrons. The van der Waals surface area contributed by atoms with Gasteiger partial charge in [0.1, 0.15) is 5.69 Å². The van der Waals surface area contributed by atoms with E-state index in [1.54, 1.807) is 16.8 Å². The number of hydrogen-bond donors (Lipinski definition) is 0. The number of rotatable bonds is 4. The highest BCUT2D eigenvalue weighted by Crippen LogP contribution is 2.26. The molecule has 1 unspecified atom stereocenters. The summed E-state index contributed by atoms with van der Waals surface area (Å²) in [6.45, 7) is 4.64. The first kappa shape index (κ1) is 18.7. The summed E-state index contributed by atoms with van der Waals surface area (Å²) in [6.07, 6.45) is 2.84. The molecular weight excluding hydrogens is 372 g/mol. The number of likely N-dealkylation sites (tertiary alicyclic amines) is 1. The largest absolute Gasteiger partial charge is 0.334 e. The Morgan fingerprint density at radius 1 is 1.18 bits per heavy atom. The molecule has 0 spiro atoms. The van der Waals surface area contributed by atoms with Gasteiger partial charge in [-0.15, -0.1) is 0 Å². The minimum Gasteiger partial charge on any atom is -0.334 e. The van der Waals surface area contributed by atoms with Gasteiger partial charge in [-0.05, 0) is 56.9 Å². The Hall–Kier alpha value is -2.66. The van der Waals surface area contributed by atoms with Crippen LogP contribution in [0.3, 0.4) is 0 Å². The molecule has 0 bridgehead atoms. The summed E-state index contributed by atoms with van der Waals surface area (Å²) < 4.78 is 1.74. The van der Waals surface area contributed by atoms with Crippen LogP contribution in [-0.2, 0) is 6.42 Å². The molecule has 1 aliphatic rings. The van der Waals surface area contributed by atoms with Crippen molar-refractivity contribution >= 4 is 17.5 Å². The number of hydrogen-bond acceptors (Lipinski definition) is 3. The highest BCUT2D eigenvalue weighted by Gasteiger charge is 2.31. The Labute approximate surface area is 170 Å². The van der Waals surface area contributed by atoms with Gasteiger partial charge in [0.15, 0.2) is 5.82 Å². The van der Waals surface area contributed by atoms with E-state index in [1.807, 2.05) is 43.0 Å². The number of aryl methyl sites for hydroxylation is 2. The van der Waals surface area contributed by atoms with Gasteiger partial charge < -0.3 is 4.90 Å². The second-order valence-corrected chi connectivity index (χ2v) is 7.73. The maximum atomic E-state index is 13.3. The highest BCUT2D eigenvalue weighted by molar-refractivity contribution is 6.33. The molecule has 0 radical (unpaired) electrons. The standard InChI is InChI=1S/C22H23ClN4O/c1-15-13-16(2)27(25-15)20-11-10-19(23)21(24-20)22(28)26-12-6-9-18(26)14-17-7-4-3-5-8-17/h3-5,7-8,10-11,13,18H,6,9,12,14H2,1-2H3. The summed E-state index contributed by atoms with van der Waals surface area (Å²) in [6, 6.07) is 16.0. The van der Waals surface area contributed by atoms with Gasteiger partial charge >= 0.3 is 0 Å². The minimum absolute atomic E-state index is 0.105. The van der Waals surface area contributed by atoms with E-state index in [-0.39, 0.29) is 11.9 Å². The van der Waals surface area contributed by atoms with E-state index in [2.05, 4.69) is 22.2 Å². The molecule has 0 aliphatic carbocycles. The summed E-state index contributed by atoms with van der Waals surface area (Å²) in [5, 5.41) is 4.84. The van der Waals surface area contributed by atoms with Crippen LogP contribution in [0.15, 0.2) is 48.5 Å². The molecule has 5 nitrogen and oxygen atoms in total. The van der Waals surface area contributed by atoms with Gasteiger partial charge in [-0.1, -0.05) is 41.9 Å². The summed E-state index contributed by atoms with van der Waals surface area (Å²) in [7, 11) is 0. The van der Waals surface area contributed by atoms with Crippen LogP contribution in [0.4, 0.5) is 0 Å². The van der Waals surface area contributed by atoms with Gasteiger partial charge in [-0.2, -0.15) is 5.10 Å². The van der Waals surface area contributed by atoms with E-state index in [0.29, 0.717) is 16.5 Å². The summed E-state index contributed by atoms with van der Waals surface area (Å²) in [5.41, 5.74) is 3.41. The summed E-state index contributed by atoms with van der Waals surface area (Å²) in [5.74, 6) is 0.504. The fraction of sp³-hybridized carbons (Fsp3) is 0.318. The van der Waals surface area contributed by atoms with E-state index in [4.69, 9.17) is 11.6 Å². The van der Waals surface area contributed by atoms with E-state index in [9.17, 15) is 4.79 Å². The van der Waals surface area contributed by atoms with E-state index < -0.39 is 0 Å². The molecule has 28 heavy (non-hydrogen) atoms. The number of benzene rings is 1. The summed E-state index contributed by atoms with van der Waals surface area (Å²) >= 11 is 6.37. The van der Waals surface area contributed by atoms with Gasteiger partial charge in [0, 0.05) is 18.3 Å². The van der Waals surface area contributed by atoms with Crippen molar-refractivity contribution in [1.29, 1.82) is 0 Å². The number of halogens is 1. The molecule has 1 amide bonds. The Balaban J connectivity index is 1.62. The zero-order valence-electron chi connectivity index (χ0n) is 16.1. The van der Waals surface area contributed by atoms with Crippen LogP contribution in [0.1, 0.15) is 40.3 Å². The molecule has 3 heterocycles. The Morgan fingerprint density at radius 2 is 1.96 bits per heavy atom. The van der Waals surface area contributed by atoms with Crippen molar-refractivity contribution in [3.63, 3.8) is 0 Å². The van der Waals surface area contributed by atoms with Crippen molar-refractivity contribution < 1.29 is 4.79 Å². The van der Waals surface area contributed by atoms with E-state index in [1.165, 1.54) is 5.56 Å². The van der Waals surface area contributed by atoms with Crippen molar-refractivity contribution in [2.75, 3.05) is 6.54 Å². The number of carbonyl (C=O) groups is 1. The van der Waals surface area contributed by atoms with Crippen molar-refractivity contribution in [3.8, 4) is 5.82 Å². The van der Waals surface area contributed by atoms with Crippen molar-refractivity contribution in [2.24, 2.45) is 0 Å². The average Bonchev–Trinajstić information content (AvgIpc) is 3.28. The number of amides is 1. The third-order valence-electron chi connectivity index (χ3n) is 5.21. The zero-order chi connectivity index (χ0) is 19.7. The third-order valence-corrected chi connectivity index (χ3v) is 5.52. The molecule has 1 fully saturated rings. The lowest BCUT2D eigenvalue weighted by molar-refractivity contribution is 0.0730. The molecule has 0 saturated carbocycles. The molecule has 1 atom stereocenters. The molecule has 2 aromatic heterocycles. The number of carbonyl (C=O) groups excluding carboxylic acids is 1. The molecule has 6 heteroatoms.